The molecule has 3 rings (SSSR count). The van der Waals surface area contributed by atoms with Gasteiger partial charge < -0.3 is 30.1 Å². The van der Waals surface area contributed by atoms with E-state index in [0.717, 1.165) is 51.3 Å². The molecule has 0 radical (unpaired) electrons. The molecule has 1 aliphatic rings. The Hall–Kier alpha value is -3.39. The Balaban J connectivity index is 0.000000332. The van der Waals surface area contributed by atoms with E-state index in [0.29, 0.717) is 0 Å². The number of aromatic nitrogens is 3. The standard InChI is InChI=1S/C19H29N5O.C6H8O7/c1-22(2)12-13-23(15-17-7-3-5-10-20-17)16-18-9-11-21-24(18)19-8-4-6-14-25-19;7-3(8)1-6(13,5(11)12)2-4(9)10/h3,5,7,9-11,19H,4,6,8,12-16H2,1-2H3;13H,1-2H2,(H,7,8)(H,9,10)(H,11,12). The zero-order chi connectivity index (χ0) is 28.1. The number of nitrogens with zero attached hydrogens (tertiary/aromatic N) is 5. The minimum Gasteiger partial charge on any atom is -0.481 e. The summed E-state index contributed by atoms with van der Waals surface area (Å²) in [4.78, 5) is 39.6. The number of pyridine rings is 1. The SMILES string of the molecule is CN(C)CCN(Cc1ccccn1)Cc1ccnn1C1CCCCO1.O=C(O)CC(O)(CC(=O)O)C(=O)O. The van der Waals surface area contributed by atoms with Gasteiger partial charge >= 0.3 is 17.9 Å². The molecule has 38 heavy (non-hydrogen) atoms. The van der Waals surface area contributed by atoms with Crippen LogP contribution in [0.2, 0.25) is 0 Å². The Kier molecular flexibility index (Phi) is 12.3. The maximum atomic E-state index is 10.3. The lowest BCUT2D eigenvalue weighted by atomic mass is 9.96. The predicted octanol–water partition coefficient (Wildman–Crippen LogP) is 1.29. The van der Waals surface area contributed by atoms with Crippen LogP contribution in [-0.2, 0) is 32.2 Å². The van der Waals surface area contributed by atoms with E-state index < -0.39 is 36.4 Å². The quantitative estimate of drug-likeness (QED) is 0.289. The van der Waals surface area contributed by atoms with Gasteiger partial charge in [0.25, 0.3) is 0 Å². The molecule has 1 fully saturated rings. The zero-order valence-corrected chi connectivity index (χ0v) is 21.8. The summed E-state index contributed by atoms with van der Waals surface area (Å²) in [5, 5.41) is 38.3. The normalized spacial score (nSPS) is 15.7. The second kappa shape index (κ2) is 15.1. The first-order valence-electron chi connectivity index (χ1n) is 12.3. The van der Waals surface area contributed by atoms with Crippen LogP contribution in [0.25, 0.3) is 0 Å². The van der Waals surface area contributed by atoms with Crippen molar-refractivity contribution in [3.05, 3.63) is 48.0 Å². The predicted molar refractivity (Wildman–Crippen MR) is 135 cm³/mol. The topological polar surface area (TPSA) is 179 Å². The summed E-state index contributed by atoms with van der Waals surface area (Å²) in [5.41, 5.74) is -0.430. The van der Waals surface area contributed by atoms with Crippen molar-refractivity contribution in [1.29, 1.82) is 0 Å². The van der Waals surface area contributed by atoms with Crippen LogP contribution >= 0.6 is 0 Å². The Morgan fingerprint density at radius 1 is 1.03 bits per heavy atom. The molecule has 0 aromatic carbocycles. The van der Waals surface area contributed by atoms with Gasteiger partial charge in [-0.25, -0.2) is 9.48 Å². The fraction of sp³-hybridized carbons (Fsp3) is 0.560. The van der Waals surface area contributed by atoms with Gasteiger partial charge in [0, 0.05) is 45.2 Å². The largest absolute Gasteiger partial charge is 0.481 e. The number of aliphatic carboxylic acids is 3. The van der Waals surface area contributed by atoms with E-state index in [9.17, 15) is 14.4 Å². The van der Waals surface area contributed by atoms with Crippen LogP contribution in [-0.4, -0.2) is 102 Å². The molecular weight excluding hydrogens is 498 g/mol. The molecule has 0 aliphatic carbocycles. The van der Waals surface area contributed by atoms with Gasteiger partial charge in [0.05, 0.1) is 24.2 Å². The summed E-state index contributed by atoms with van der Waals surface area (Å²) < 4.78 is 7.99. The monoisotopic (exact) mass is 535 g/mol. The third kappa shape index (κ3) is 10.5. The second-order valence-electron chi connectivity index (χ2n) is 9.40. The molecule has 1 atom stereocenters. The minimum absolute atomic E-state index is 0.0873. The number of carboxylic acids is 3. The van der Waals surface area contributed by atoms with E-state index in [4.69, 9.17) is 25.2 Å². The summed E-state index contributed by atoms with van der Waals surface area (Å²) >= 11 is 0. The average molecular weight is 536 g/mol. The number of carboxylic acid groups (broad SMARTS) is 3. The smallest absolute Gasteiger partial charge is 0.336 e. The van der Waals surface area contributed by atoms with Crippen LogP contribution in [0.5, 0.6) is 0 Å². The van der Waals surface area contributed by atoms with Crippen molar-refractivity contribution in [3.63, 3.8) is 0 Å². The fourth-order valence-corrected chi connectivity index (χ4v) is 3.86. The zero-order valence-electron chi connectivity index (χ0n) is 21.8. The first-order valence-corrected chi connectivity index (χ1v) is 12.3. The summed E-state index contributed by atoms with van der Waals surface area (Å²) in [6, 6.07) is 8.21. The van der Waals surface area contributed by atoms with Gasteiger partial charge in [-0.05, 0) is 51.6 Å². The highest BCUT2D eigenvalue weighted by Gasteiger charge is 2.40. The van der Waals surface area contributed by atoms with E-state index >= 15 is 0 Å². The molecule has 2 aromatic heterocycles. The molecule has 0 amide bonds. The van der Waals surface area contributed by atoms with E-state index in [1.165, 1.54) is 12.1 Å². The fourth-order valence-electron chi connectivity index (χ4n) is 3.86. The summed E-state index contributed by atoms with van der Waals surface area (Å²) in [6.45, 7) is 4.53. The van der Waals surface area contributed by atoms with Gasteiger partial charge in [-0.15, -0.1) is 0 Å². The molecule has 0 bridgehead atoms. The Bertz CT molecular complexity index is 1010. The molecule has 13 heteroatoms. The highest BCUT2D eigenvalue weighted by molar-refractivity contribution is 5.88. The lowest BCUT2D eigenvalue weighted by Crippen LogP contribution is -2.42. The van der Waals surface area contributed by atoms with E-state index in [1.54, 1.807) is 0 Å². The van der Waals surface area contributed by atoms with Crippen LogP contribution in [0, 0.1) is 0 Å². The maximum Gasteiger partial charge on any atom is 0.336 e. The second-order valence-corrected chi connectivity index (χ2v) is 9.40. The van der Waals surface area contributed by atoms with Gasteiger partial charge in [0.15, 0.2) is 11.8 Å². The Morgan fingerprint density at radius 3 is 2.26 bits per heavy atom. The van der Waals surface area contributed by atoms with Crippen LogP contribution in [0.4, 0.5) is 0 Å². The van der Waals surface area contributed by atoms with Gasteiger partial charge in [-0.3, -0.25) is 19.5 Å². The summed E-state index contributed by atoms with van der Waals surface area (Å²) in [7, 11) is 4.22. The van der Waals surface area contributed by atoms with Gasteiger partial charge in [0.1, 0.15) is 0 Å². The molecule has 4 N–H and O–H groups in total. The molecule has 0 saturated carbocycles. The molecule has 1 unspecified atom stereocenters. The summed E-state index contributed by atoms with van der Waals surface area (Å²) in [5.74, 6) is -5.02. The van der Waals surface area contributed by atoms with E-state index in [1.807, 2.05) is 24.5 Å². The number of likely N-dealkylation sites (N-methyl/N-ethyl adjacent to an activating group) is 1. The number of ether oxygens (including phenoxy) is 1. The lowest BCUT2D eigenvalue weighted by molar-refractivity contribution is -0.170. The average Bonchev–Trinajstić information content (AvgIpc) is 3.31. The van der Waals surface area contributed by atoms with Crippen LogP contribution in [0.1, 0.15) is 49.7 Å². The number of rotatable bonds is 13. The van der Waals surface area contributed by atoms with Crippen LogP contribution in [0.3, 0.4) is 0 Å². The van der Waals surface area contributed by atoms with Crippen molar-refractivity contribution >= 4 is 17.9 Å². The van der Waals surface area contributed by atoms with Gasteiger partial charge in [-0.1, -0.05) is 6.07 Å². The first kappa shape index (κ1) is 30.8. The van der Waals surface area contributed by atoms with Crippen LogP contribution in [0.15, 0.2) is 36.7 Å². The molecule has 210 valence electrons. The van der Waals surface area contributed by atoms with Crippen molar-refractivity contribution in [2.75, 3.05) is 33.8 Å². The highest BCUT2D eigenvalue weighted by atomic mass is 16.5. The van der Waals surface area contributed by atoms with Crippen molar-refractivity contribution in [3.8, 4) is 0 Å². The van der Waals surface area contributed by atoms with E-state index in [2.05, 4.69) is 50.8 Å². The van der Waals surface area contributed by atoms with Gasteiger partial charge in [-0.2, -0.15) is 5.10 Å². The molecule has 1 saturated heterocycles. The third-order valence-corrected chi connectivity index (χ3v) is 5.83. The van der Waals surface area contributed by atoms with Gasteiger partial charge in [0.2, 0.25) is 0 Å². The molecule has 0 spiro atoms. The van der Waals surface area contributed by atoms with Crippen molar-refractivity contribution in [2.45, 2.75) is 57.0 Å². The van der Waals surface area contributed by atoms with Crippen molar-refractivity contribution in [1.82, 2.24) is 24.6 Å². The van der Waals surface area contributed by atoms with Crippen molar-refractivity contribution < 1.29 is 39.5 Å². The number of hydrogen-bond donors (Lipinski definition) is 4. The molecular formula is C25H37N5O8. The molecule has 1 aliphatic heterocycles. The first-order chi connectivity index (χ1) is 18.0. The number of carbonyl (C=O) groups is 3. The molecule has 2 aromatic rings. The lowest BCUT2D eigenvalue weighted by Gasteiger charge is -2.27. The molecule has 13 nitrogen and oxygen atoms in total. The Morgan fingerprint density at radius 2 is 1.74 bits per heavy atom. The van der Waals surface area contributed by atoms with E-state index in [-0.39, 0.29) is 6.23 Å². The highest BCUT2D eigenvalue weighted by Crippen LogP contribution is 2.24. The number of hydrogen-bond acceptors (Lipinski definition) is 9. The molecule has 3 heterocycles. The third-order valence-electron chi connectivity index (χ3n) is 5.83. The minimum atomic E-state index is -2.74. The van der Waals surface area contributed by atoms with Crippen LogP contribution < -0.4 is 0 Å². The Labute approximate surface area is 221 Å². The maximum absolute atomic E-state index is 10.3. The van der Waals surface area contributed by atoms with Crippen molar-refractivity contribution in [2.24, 2.45) is 0 Å². The number of aliphatic hydroxyl groups is 1. The summed E-state index contributed by atoms with van der Waals surface area (Å²) in [6.07, 6.45) is 4.96.